The summed E-state index contributed by atoms with van der Waals surface area (Å²) >= 11 is 0. The Morgan fingerprint density at radius 1 is 0.545 bits per heavy atom. The van der Waals surface area contributed by atoms with Gasteiger partial charge in [0, 0.05) is 27.9 Å². The Morgan fingerprint density at radius 3 is 1.91 bits per heavy atom. The monoisotopic (exact) mass is 284 g/mol. The van der Waals surface area contributed by atoms with Crippen LogP contribution >= 0.6 is 0 Å². The highest BCUT2D eigenvalue weighted by Gasteiger charge is 2.12. The van der Waals surface area contributed by atoms with Crippen molar-refractivity contribution < 1.29 is 0 Å². The molecule has 106 valence electrons. The van der Waals surface area contributed by atoms with Gasteiger partial charge in [0.2, 0.25) is 0 Å². The van der Waals surface area contributed by atoms with Crippen molar-refractivity contribution in [3.63, 3.8) is 0 Å². The fraction of sp³-hybridized carbons (Fsp3) is 0. The van der Waals surface area contributed by atoms with Gasteiger partial charge in [0.1, 0.15) is 0 Å². The zero-order valence-electron chi connectivity index (χ0n) is 12.1. The van der Waals surface area contributed by atoms with Gasteiger partial charge in [-0.05, 0) is 22.2 Å². The van der Waals surface area contributed by atoms with Crippen molar-refractivity contribution >= 4 is 32.9 Å². The molecule has 0 aliphatic carbocycles. The standard InChI is InChI=1S/C20H16N2/c21-18-12-10-13-5-1-3-7-15(13)19(18)17-11-9-14-6-2-4-8-16(14)20(17)22/h1-12H,21-22H2. The van der Waals surface area contributed by atoms with E-state index >= 15 is 0 Å². The zero-order chi connectivity index (χ0) is 15.1. The predicted octanol–water partition coefficient (Wildman–Crippen LogP) is 4.82. The number of hydrogen-bond acceptors (Lipinski definition) is 2. The second-order valence-electron chi connectivity index (χ2n) is 5.50. The average Bonchev–Trinajstić information content (AvgIpc) is 2.56. The molecule has 0 aliphatic heterocycles. The minimum atomic E-state index is 0.751. The van der Waals surface area contributed by atoms with Gasteiger partial charge in [-0.25, -0.2) is 0 Å². The molecule has 0 aromatic heterocycles. The van der Waals surface area contributed by atoms with Crippen LogP contribution in [0.15, 0.2) is 72.8 Å². The molecule has 4 aromatic carbocycles. The Labute approximate surface area is 129 Å². The van der Waals surface area contributed by atoms with Gasteiger partial charge < -0.3 is 11.5 Å². The summed E-state index contributed by atoms with van der Waals surface area (Å²) in [5, 5.41) is 4.50. The lowest BCUT2D eigenvalue weighted by Gasteiger charge is -2.14. The molecule has 2 nitrogen and oxygen atoms in total. The van der Waals surface area contributed by atoms with Crippen LogP contribution in [0.25, 0.3) is 32.7 Å². The van der Waals surface area contributed by atoms with Crippen molar-refractivity contribution in [3.05, 3.63) is 72.8 Å². The zero-order valence-corrected chi connectivity index (χ0v) is 12.1. The van der Waals surface area contributed by atoms with Crippen LogP contribution in [0.5, 0.6) is 0 Å². The number of anilines is 2. The van der Waals surface area contributed by atoms with Gasteiger partial charge in [-0.1, -0.05) is 66.7 Å². The van der Waals surface area contributed by atoms with Gasteiger partial charge >= 0.3 is 0 Å². The van der Waals surface area contributed by atoms with Crippen molar-refractivity contribution in [2.45, 2.75) is 0 Å². The van der Waals surface area contributed by atoms with Gasteiger partial charge in [0.05, 0.1) is 0 Å². The second kappa shape index (κ2) is 4.78. The van der Waals surface area contributed by atoms with Crippen molar-refractivity contribution in [3.8, 4) is 11.1 Å². The lowest BCUT2D eigenvalue weighted by atomic mass is 9.93. The third kappa shape index (κ3) is 1.81. The first-order valence-corrected chi connectivity index (χ1v) is 7.30. The fourth-order valence-corrected chi connectivity index (χ4v) is 3.10. The number of benzene rings is 4. The van der Waals surface area contributed by atoms with Gasteiger partial charge in [0.15, 0.2) is 0 Å². The molecule has 0 spiro atoms. The summed E-state index contributed by atoms with van der Waals surface area (Å²) in [6.45, 7) is 0. The molecule has 0 radical (unpaired) electrons. The van der Waals surface area contributed by atoms with Crippen LogP contribution in [0.1, 0.15) is 0 Å². The van der Waals surface area contributed by atoms with Crippen LogP contribution < -0.4 is 11.5 Å². The largest absolute Gasteiger partial charge is 0.398 e. The third-order valence-corrected chi connectivity index (χ3v) is 4.20. The van der Waals surface area contributed by atoms with Gasteiger partial charge in [-0.15, -0.1) is 0 Å². The number of nitrogens with two attached hydrogens (primary N) is 2. The van der Waals surface area contributed by atoms with E-state index in [4.69, 9.17) is 11.5 Å². The molecule has 4 aromatic rings. The topological polar surface area (TPSA) is 52.0 Å². The lowest BCUT2D eigenvalue weighted by molar-refractivity contribution is 1.66. The van der Waals surface area contributed by atoms with Crippen LogP contribution in [0, 0.1) is 0 Å². The van der Waals surface area contributed by atoms with Crippen LogP contribution in [0.3, 0.4) is 0 Å². The van der Waals surface area contributed by atoms with E-state index in [9.17, 15) is 0 Å². The Balaban J connectivity index is 2.12. The molecule has 2 heteroatoms. The molecular formula is C20H16N2. The molecule has 0 aliphatic rings. The first-order valence-electron chi connectivity index (χ1n) is 7.30. The van der Waals surface area contributed by atoms with E-state index < -0.39 is 0 Å². The summed E-state index contributed by atoms with van der Waals surface area (Å²) in [6, 6.07) is 24.6. The van der Waals surface area contributed by atoms with E-state index in [1.807, 2.05) is 36.4 Å². The second-order valence-corrected chi connectivity index (χ2v) is 5.50. The summed E-state index contributed by atoms with van der Waals surface area (Å²) < 4.78 is 0. The molecule has 0 heterocycles. The van der Waals surface area contributed by atoms with E-state index in [0.717, 1.165) is 38.7 Å². The molecule has 0 bridgehead atoms. The summed E-state index contributed by atoms with van der Waals surface area (Å²) in [6.07, 6.45) is 0. The molecule has 0 unspecified atom stereocenters. The van der Waals surface area contributed by atoms with E-state index in [1.54, 1.807) is 0 Å². The lowest BCUT2D eigenvalue weighted by Crippen LogP contribution is -1.96. The smallest absolute Gasteiger partial charge is 0.0474 e. The van der Waals surface area contributed by atoms with Crippen LogP contribution in [0.2, 0.25) is 0 Å². The number of fused-ring (bicyclic) bond motifs is 2. The fourth-order valence-electron chi connectivity index (χ4n) is 3.10. The van der Waals surface area contributed by atoms with Crippen LogP contribution in [0.4, 0.5) is 11.4 Å². The molecule has 0 saturated heterocycles. The quantitative estimate of drug-likeness (QED) is 0.492. The maximum Gasteiger partial charge on any atom is 0.0474 e. The van der Waals surface area contributed by atoms with Crippen molar-refractivity contribution in [1.29, 1.82) is 0 Å². The summed E-state index contributed by atoms with van der Waals surface area (Å²) in [5.41, 5.74) is 16.3. The average molecular weight is 284 g/mol. The molecule has 0 fully saturated rings. The Kier molecular flexibility index (Phi) is 2.76. The number of nitrogen functional groups attached to an aromatic ring is 2. The van der Waals surface area contributed by atoms with Gasteiger partial charge in [-0.2, -0.15) is 0 Å². The van der Waals surface area contributed by atoms with Crippen molar-refractivity contribution in [2.24, 2.45) is 0 Å². The number of rotatable bonds is 1. The van der Waals surface area contributed by atoms with E-state index in [0.29, 0.717) is 0 Å². The van der Waals surface area contributed by atoms with Crippen LogP contribution in [-0.2, 0) is 0 Å². The summed E-state index contributed by atoms with van der Waals surface area (Å²) in [7, 11) is 0. The first kappa shape index (κ1) is 12.7. The minimum Gasteiger partial charge on any atom is -0.398 e. The highest BCUT2D eigenvalue weighted by Crippen LogP contribution is 2.39. The number of hydrogen-bond donors (Lipinski definition) is 2. The molecule has 0 saturated carbocycles. The SMILES string of the molecule is Nc1ccc2ccccc2c1-c1ccc2ccccc2c1N. The summed E-state index contributed by atoms with van der Waals surface area (Å²) in [4.78, 5) is 0. The summed E-state index contributed by atoms with van der Waals surface area (Å²) in [5.74, 6) is 0. The van der Waals surface area contributed by atoms with Gasteiger partial charge in [-0.3, -0.25) is 0 Å². The molecule has 4 N–H and O–H groups in total. The van der Waals surface area contributed by atoms with E-state index in [-0.39, 0.29) is 0 Å². The first-order chi connectivity index (χ1) is 10.8. The molecule has 22 heavy (non-hydrogen) atoms. The van der Waals surface area contributed by atoms with Gasteiger partial charge in [0.25, 0.3) is 0 Å². The maximum absolute atomic E-state index is 6.46. The van der Waals surface area contributed by atoms with E-state index in [2.05, 4.69) is 36.4 Å². The molecule has 4 rings (SSSR count). The highest BCUT2D eigenvalue weighted by molar-refractivity contribution is 6.09. The maximum atomic E-state index is 6.46. The minimum absolute atomic E-state index is 0.751. The Hall–Kier alpha value is -3.00. The predicted molar refractivity (Wildman–Crippen MR) is 95.7 cm³/mol. The molecule has 0 amide bonds. The van der Waals surface area contributed by atoms with Crippen molar-refractivity contribution in [1.82, 2.24) is 0 Å². The Morgan fingerprint density at radius 2 is 1.14 bits per heavy atom. The third-order valence-electron chi connectivity index (χ3n) is 4.20. The van der Waals surface area contributed by atoms with E-state index in [1.165, 1.54) is 5.39 Å². The van der Waals surface area contributed by atoms with Crippen LogP contribution in [-0.4, -0.2) is 0 Å². The highest BCUT2D eigenvalue weighted by atomic mass is 14.6. The molecule has 0 atom stereocenters. The van der Waals surface area contributed by atoms with Crippen molar-refractivity contribution in [2.75, 3.05) is 11.5 Å². The Bertz CT molecular complexity index is 1000. The molecular weight excluding hydrogens is 268 g/mol. The normalized spacial score (nSPS) is 11.1.